The normalized spacial score (nSPS) is 13.9. The van der Waals surface area contributed by atoms with Gasteiger partial charge in [-0.15, -0.1) is 0 Å². The highest BCUT2D eigenvalue weighted by molar-refractivity contribution is 9.10. The second-order valence-electron chi connectivity index (χ2n) is 3.63. The third-order valence-corrected chi connectivity index (χ3v) is 2.96. The maximum atomic E-state index is 13.0. The molecule has 18 heavy (non-hydrogen) atoms. The van der Waals surface area contributed by atoms with E-state index in [9.17, 15) is 13.2 Å². The standard InChI is InChI=1S/C10H15BrF3N3O/c1-3-15-9(10(12,13)14)8-7(11)6-16-17(8)4-5-18-2/h6,9,15H,3-5H2,1-2H3. The van der Waals surface area contributed by atoms with E-state index in [1.54, 1.807) is 6.92 Å². The van der Waals surface area contributed by atoms with Crippen LogP contribution in [0.5, 0.6) is 0 Å². The zero-order valence-electron chi connectivity index (χ0n) is 10.1. The number of hydrogen-bond acceptors (Lipinski definition) is 3. The Labute approximate surface area is 112 Å². The van der Waals surface area contributed by atoms with Crippen molar-refractivity contribution in [2.24, 2.45) is 0 Å². The fourth-order valence-electron chi connectivity index (χ4n) is 1.59. The van der Waals surface area contributed by atoms with E-state index in [0.29, 0.717) is 11.1 Å². The average molecular weight is 330 g/mol. The number of alkyl halides is 3. The quantitative estimate of drug-likeness (QED) is 0.871. The molecule has 104 valence electrons. The maximum absolute atomic E-state index is 13.0. The smallest absolute Gasteiger partial charge is 0.383 e. The molecule has 1 rings (SSSR count). The van der Waals surface area contributed by atoms with Crippen molar-refractivity contribution >= 4 is 15.9 Å². The number of ether oxygens (including phenoxy) is 1. The minimum Gasteiger partial charge on any atom is -0.383 e. The molecular formula is C10H15BrF3N3O. The van der Waals surface area contributed by atoms with Gasteiger partial charge in [-0.25, -0.2) is 0 Å². The first-order valence-corrected chi connectivity index (χ1v) is 6.21. The van der Waals surface area contributed by atoms with Gasteiger partial charge in [-0.3, -0.25) is 4.68 Å². The van der Waals surface area contributed by atoms with Crippen LogP contribution in [0.15, 0.2) is 10.7 Å². The molecule has 0 bridgehead atoms. The summed E-state index contributed by atoms with van der Waals surface area (Å²) in [6.07, 6.45) is -3.01. The summed E-state index contributed by atoms with van der Waals surface area (Å²) in [6.45, 7) is 2.42. The van der Waals surface area contributed by atoms with Crippen molar-refractivity contribution in [1.29, 1.82) is 0 Å². The molecule has 1 N–H and O–H groups in total. The number of methoxy groups -OCH3 is 1. The molecule has 0 aliphatic rings. The van der Waals surface area contributed by atoms with Crippen LogP contribution in [0.25, 0.3) is 0 Å². The summed E-state index contributed by atoms with van der Waals surface area (Å²) >= 11 is 3.11. The van der Waals surface area contributed by atoms with Crippen LogP contribution in [0, 0.1) is 0 Å². The Morgan fingerprint density at radius 1 is 1.56 bits per heavy atom. The fraction of sp³-hybridized carbons (Fsp3) is 0.700. The van der Waals surface area contributed by atoms with E-state index < -0.39 is 12.2 Å². The fourth-order valence-corrected chi connectivity index (χ4v) is 2.11. The van der Waals surface area contributed by atoms with Crippen LogP contribution in [-0.4, -0.2) is 36.2 Å². The van der Waals surface area contributed by atoms with Crippen LogP contribution in [0.1, 0.15) is 18.7 Å². The predicted molar refractivity (Wildman–Crippen MR) is 64.3 cm³/mol. The number of nitrogens with one attached hydrogen (secondary N) is 1. The highest BCUT2D eigenvalue weighted by Gasteiger charge is 2.43. The third kappa shape index (κ3) is 3.69. The lowest BCUT2D eigenvalue weighted by atomic mass is 10.2. The SMILES string of the molecule is CCNC(c1c(Br)cnn1CCOC)C(F)(F)F. The Hall–Kier alpha value is -0.600. The lowest BCUT2D eigenvalue weighted by molar-refractivity contribution is -0.159. The second-order valence-corrected chi connectivity index (χ2v) is 4.48. The number of nitrogens with zero attached hydrogens (tertiary/aromatic N) is 2. The van der Waals surface area contributed by atoms with Crippen molar-refractivity contribution in [3.63, 3.8) is 0 Å². The molecule has 0 aromatic carbocycles. The summed E-state index contributed by atoms with van der Waals surface area (Å²) in [5, 5.41) is 6.35. The Balaban J connectivity index is 3.06. The zero-order valence-corrected chi connectivity index (χ0v) is 11.7. The van der Waals surface area contributed by atoms with Gasteiger partial charge in [0.15, 0.2) is 0 Å². The summed E-state index contributed by atoms with van der Waals surface area (Å²) < 4.78 is 45.5. The Morgan fingerprint density at radius 3 is 2.72 bits per heavy atom. The van der Waals surface area contributed by atoms with E-state index in [1.807, 2.05) is 0 Å². The molecule has 0 saturated carbocycles. The lowest BCUT2D eigenvalue weighted by Gasteiger charge is -2.22. The molecule has 1 atom stereocenters. The highest BCUT2D eigenvalue weighted by atomic mass is 79.9. The molecule has 1 aromatic rings. The Bertz CT molecular complexity index is 381. The third-order valence-electron chi connectivity index (χ3n) is 2.35. The summed E-state index contributed by atoms with van der Waals surface area (Å²) in [6, 6.07) is -1.74. The van der Waals surface area contributed by atoms with Crippen molar-refractivity contribution in [2.75, 3.05) is 20.3 Å². The molecule has 4 nitrogen and oxygen atoms in total. The van der Waals surface area contributed by atoms with Gasteiger partial charge in [0.25, 0.3) is 0 Å². The zero-order chi connectivity index (χ0) is 13.8. The van der Waals surface area contributed by atoms with Gasteiger partial charge in [0, 0.05) is 7.11 Å². The number of halogens is 4. The van der Waals surface area contributed by atoms with Gasteiger partial charge in [-0.05, 0) is 22.5 Å². The van der Waals surface area contributed by atoms with E-state index in [-0.39, 0.29) is 18.8 Å². The van der Waals surface area contributed by atoms with Crippen LogP contribution in [0.2, 0.25) is 0 Å². The van der Waals surface area contributed by atoms with Crippen molar-refractivity contribution in [3.8, 4) is 0 Å². The van der Waals surface area contributed by atoms with Crippen LogP contribution < -0.4 is 5.32 Å². The predicted octanol–water partition coefficient (Wildman–Crippen LogP) is 2.50. The van der Waals surface area contributed by atoms with Gasteiger partial charge in [-0.1, -0.05) is 6.92 Å². The highest BCUT2D eigenvalue weighted by Crippen LogP contribution is 2.36. The Kier molecular flexibility index (Phi) is 5.61. The van der Waals surface area contributed by atoms with Crippen LogP contribution in [-0.2, 0) is 11.3 Å². The van der Waals surface area contributed by atoms with E-state index in [0.717, 1.165) is 0 Å². The van der Waals surface area contributed by atoms with Gasteiger partial charge in [0.1, 0.15) is 6.04 Å². The lowest BCUT2D eigenvalue weighted by Crippen LogP contribution is -2.36. The first-order valence-electron chi connectivity index (χ1n) is 5.42. The minimum atomic E-state index is -4.37. The van der Waals surface area contributed by atoms with Crippen molar-refractivity contribution < 1.29 is 17.9 Å². The summed E-state index contributed by atoms with van der Waals surface area (Å²) in [4.78, 5) is 0. The van der Waals surface area contributed by atoms with Gasteiger partial charge in [-0.2, -0.15) is 18.3 Å². The molecule has 0 aliphatic carbocycles. The van der Waals surface area contributed by atoms with Gasteiger partial charge in [0.05, 0.1) is 29.5 Å². The molecule has 1 aromatic heterocycles. The Morgan fingerprint density at radius 2 is 2.22 bits per heavy atom. The van der Waals surface area contributed by atoms with Gasteiger partial charge in [0.2, 0.25) is 0 Å². The largest absolute Gasteiger partial charge is 0.409 e. The molecule has 0 saturated heterocycles. The van der Waals surface area contributed by atoms with Crippen LogP contribution in [0.4, 0.5) is 13.2 Å². The minimum absolute atomic E-state index is 0.0707. The van der Waals surface area contributed by atoms with Gasteiger partial charge >= 0.3 is 6.18 Å². The maximum Gasteiger partial charge on any atom is 0.409 e. The summed E-state index contributed by atoms with van der Waals surface area (Å²) in [7, 11) is 1.49. The number of aromatic nitrogens is 2. The molecule has 0 radical (unpaired) electrons. The average Bonchev–Trinajstić information content (AvgIpc) is 2.63. The number of rotatable bonds is 6. The molecule has 0 amide bonds. The molecule has 0 spiro atoms. The molecule has 1 heterocycles. The molecule has 8 heteroatoms. The molecular weight excluding hydrogens is 315 g/mol. The van der Waals surface area contributed by atoms with E-state index >= 15 is 0 Å². The van der Waals surface area contributed by atoms with E-state index in [2.05, 4.69) is 26.3 Å². The van der Waals surface area contributed by atoms with Crippen molar-refractivity contribution in [1.82, 2.24) is 15.1 Å². The summed E-state index contributed by atoms with van der Waals surface area (Å²) in [5.74, 6) is 0. The first kappa shape index (κ1) is 15.5. The van der Waals surface area contributed by atoms with Crippen LogP contribution >= 0.6 is 15.9 Å². The molecule has 0 fully saturated rings. The van der Waals surface area contributed by atoms with E-state index in [1.165, 1.54) is 18.0 Å². The topological polar surface area (TPSA) is 39.1 Å². The monoisotopic (exact) mass is 329 g/mol. The van der Waals surface area contributed by atoms with Gasteiger partial charge < -0.3 is 10.1 Å². The second kappa shape index (κ2) is 6.53. The van der Waals surface area contributed by atoms with Crippen molar-refractivity contribution in [3.05, 3.63) is 16.4 Å². The number of hydrogen-bond donors (Lipinski definition) is 1. The van der Waals surface area contributed by atoms with Crippen LogP contribution in [0.3, 0.4) is 0 Å². The van der Waals surface area contributed by atoms with Crippen molar-refractivity contribution in [2.45, 2.75) is 25.7 Å². The van der Waals surface area contributed by atoms with E-state index in [4.69, 9.17) is 4.74 Å². The summed E-state index contributed by atoms with van der Waals surface area (Å²) in [5.41, 5.74) is 0.0707. The molecule has 0 aliphatic heterocycles. The first-order chi connectivity index (χ1) is 8.41. The molecule has 1 unspecified atom stereocenters.